The summed E-state index contributed by atoms with van der Waals surface area (Å²) in [5.74, 6) is -0.0508. The average molecular weight is 548 g/mol. The minimum Gasteiger partial charge on any atom is -0.497 e. The molecule has 9 nitrogen and oxygen atoms in total. The first-order valence-electron chi connectivity index (χ1n) is 12.9. The number of nitrogens with zero attached hydrogens (tertiary/aromatic N) is 4. The number of carbonyl (C=O) groups excluding carboxylic acids is 2. The molecular weight excluding hydrogens is 518 g/mol. The smallest absolute Gasteiger partial charge is 0.247 e. The molecule has 0 saturated carbocycles. The third-order valence-electron chi connectivity index (χ3n) is 6.82. The molecule has 2 amide bonds. The molecule has 0 radical (unpaired) electrons. The summed E-state index contributed by atoms with van der Waals surface area (Å²) in [4.78, 5) is 29.5. The lowest BCUT2D eigenvalue weighted by atomic mass is 10.0. The van der Waals surface area contributed by atoms with Crippen LogP contribution in [0.5, 0.6) is 5.75 Å². The molecule has 1 aliphatic rings. The Morgan fingerprint density at radius 3 is 2.77 bits per heavy atom. The van der Waals surface area contributed by atoms with Crippen molar-refractivity contribution < 1.29 is 19.1 Å². The van der Waals surface area contributed by atoms with Gasteiger partial charge in [0.2, 0.25) is 11.8 Å². The highest BCUT2D eigenvalue weighted by Gasteiger charge is 2.33. The molecule has 0 spiro atoms. The van der Waals surface area contributed by atoms with Crippen LogP contribution in [0.3, 0.4) is 0 Å². The Kier molecular flexibility index (Phi) is 8.39. The largest absolute Gasteiger partial charge is 0.497 e. The molecule has 0 aliphatic carbocycles. The summed E-state index contributed by atoms with van der Waals surface area (Å²) in [6.45, 7) is 1.05. The normalized spacial score (nSPS) is 15.7. The molecule has 1 aromatic heterocycles. The summed E-state index contributed by atoms with van der Waals surface area (Å²) >= 11 is 6.52. The number of halogens is 1. The summed E-state index contributed by atoms with van der Waals surface area (Å²) in [6.07, 6.45) is 1.79. The van der Waals surface area contributed by atoms with E-state index in [4.69, 9.17) is 21.1 Å². The van der Waals surface area contributed by atoms with Crippen molar-refractivity contribution in [2.24, 2.45) is 0 Å². The fourth-order valence-electron chi connectivity index (χ4n) is 4.79. The van der Waals surface area contributed by atoms with Gasteiger partial charge in [0.25, 0.3) is 0 Å². The number of hydrogen-bond donors (Lipinski definition) is 1. The Labute approximate surface area is 231 Å². The maximum atomic E-state index is 14.1. The Morgan fingerprint density at radius 1 is 1.15 bits per heavy atom. The molecule has 0 unspecified atom stereocenters. The van der Waals surface area contributed by atoms with Gasteiger partial charge in [-0.15, -0.1) is 5.10 Å². The van der Waals surface area contributed by atoms with Crippen LogP contribution in [0.4, 0.5) is 0 Å². The number of ether oxygens (including phenoxy) is 2. The predicted octanol–water partition coefficient (Wildman–Crippen LogP) is 4.16. The molecule has 0 bridgehead atoms. The number of para-hydroxylation sites is 1. The van der Waals surface area contributed by atoms with Crippen LogP contribution in [-0.4, -0.2) is 58.1 Å². The van der Waals surface area contributed by atoms with E-state index < -0.39 is 6.04 Å². The average Bonchev–Trinajstić information content (AvgIpc) is 3.63. The Balaban J connectivity index is 1.52. The molecule has 2 heterocycles. The molecule has 1 fully saturated rings. The SMILES string of the molecule is COc1cccc([C@H](C(=O)NC[C@H]2CCCO2)N(Cc2ccccc2Cl)C(=O)Cn2nnc3ccccc32)c1. The monoisotopic (exact) mass is 547 g/mol. The van der Waals surface area contributed by atoms with Gasteiger partial charge in [-0.25, -0.2) is 4.68 Å². The van der Waals surface area contributed by atoms with E-state index in [0.29, 0.717) is 35.0 Å². The molecular formula is C29H30ClN5O4. The summed E-state index contributed by atoms with van der Waals surface area (Å²) in [6, 6.07) is 20.9. The van der Waals surface area contributed by atoms with Gasteiger partial charge >= 0.3 is 0 Å². The van der Waals surface area contributed by atoms with Gasteiger partial charge in [0.05, 0.1) is 18.7 Å². The number of aromatic nitrogens is 3. The van der Waals surface area contributed by atoms with E-state index in [1.807, 2.05) is 48.5 Å². The lowest BCUT2D eigenvalue weighted by molar-refractivity contribution is -0.142. The maximum absolute atomic E-state index is 14.1. The van der Waals surface area contributed by atoms with Gasteiger partial charge < -0.3 is 19.7 Å². The van der Waals surface area contributed by atoms with Crippen molar-refractivity contribution in [1.29, 1.82) is 0 Å². The summed E-state index contributed by atoms with van der Waals surface area (Å²) in [5.41, 5.74) is 2.74. The quantitative estimate of drug-likeness (QED) is 0.320. The molecule has 3 aromatic carbocycles. The number of nitrogens with one attached hydrogen (secondary N) is 1. The maximum Gasteiger partial charge on any atom is 0.247 e. The first-order chi connectivity index (χ1) is 19.0. The number of amides is 2. The lowest BCUT2D eigenvalue weighted by Gasteiger charge is -2.32. The molecule has 4 aromatic rings. The van der Waals surface area contributed by atoms with Crippen LogP contribution >= 0.6 is 11.6 Å². The van der Waals surface area contributed by atoms with Crippen molar-refractivity contribution in [3.05, 3.63) is 88.9 Å². The van der Waals surface area contributed by atoms with Gasteiger partial charge in [0, 0.05) is 24.7 Å². The second-order valence-electron chi connectivity index (χ2n) is 9.41. The number of hydrogen-bond acceptors (Lipinski definition) is 6. The standard InChI is InChI=1S/C29H30ClN5O4/c1-38-22-10-6-9-20(16-22)28(29(37)31-17-23-11-7-15-39-23)34(18-21-8-2-3-12-24(21)30)27(36)19-35-26-14-5-4-13-25(26)32-33-35/h2-6,8-10,12-14,16,23,28H,7,11,15,17-19H2,1H3,(H,31,37)/t23-,28-/m1/s1. The van der Waals surface area contributed by atoms with E-state index in [9.17, 15) is 9.59 Å². The third kappa shape index (κ3) is 6.21. The van der Waals surface area contributed by atoms with Crippen molar-refractivity contribution in [3.63, 3.8) is 0 Å². The zero-order chi connectivity index (χ0) is 27.2. The van der Waals surface area contributed by atoms with Crippen molar-refractivity contribution >= 4 is 34.4 Å². The lowest BCUT2D eigenvalue weighted by Crippen LogP contribution is -2.46. The van der Waals surface area contributed by atoms with E-state index >= 15 is 0 Å². The molecule has 2 atom stereocenters. The predicted molar refractivity (Wildman–Crippen MR) is 147 cm³/mol. The second-order valence-corrected chi connectivity index (χ2v) is 9.82. The number of carbonyl (C=O) groups is 2. The van der Waals surface area contributed by atoms with E-state index in [1.54, 1.807) is 36.1 Å². The third-order valence-corrected chi connectivity index (χ3v) is 7.19. The van der Waals surface area contributed by atoms with Crippen molar-refractivity contribution in [1.82, 2.24) is 25.2 Å². The Hall–Kier alpha value is -3.95. The van der Waals surface area contributed by atoms with Gasteiger partial charge in [-0.1, -0.05) is 59.3 Å². The summed E-state index contributed by atoms with van der Waals surface area (Å²) in [5, 5.41) is 11.9. The van der Waals surface area contributed by atoms with Crippen LogP contribution in [0.15, 0.2) is 72.8 Å². The zero-order valence-corrected chi connectivity index (χ0v) is 22.4. The Morgan fingerprint density at radius 2 is 1.97 bits per heavy atom. The molecule has 202 valence electrons. The molecule has 1 aliphatic heterocycles. The summed E-state index contributed by atoms with van der Waals surface area (Å²) < 4.78 is 12.7. The van der Waals surface area contributed by atoms with Gasteiger partial charge in [-0.3, -0.25) is 9.59 Å². The zero-order valence-electron chi connectivity index (χ0n) is 21.6. The molecule has 1 N–H and O–H groups in total. The van der Waals surface area contributed by atoms with Crippen molar-refractivity contribution in [3.8, 4) is 5.75 Å². The second kappa shape index (κ2) is 12.3. The van der Waals surface area contributed by atoms with Gasteiger partial charge in [-0.2, -0.15) is 0 Å². The van der Waals surface area contributed by atoms with E-state index in [0.717, 1.165) is 23.9 Å². The van der Waals surface area contributed by atoms with Crippen LogP contribution in [0, 0.1) is 0 Å². The number of rotatable bonds is 10. The first kappa shape index (κ1) is 26.6. The number of methoxy groups -OCH3 is 1. The van der Waals surface area contributed by atoms with E-state index in [-0.39, 0.29) is 31.0 Å². The van der Waals surface area contributed by atoms with Crippen LogP contribution in [0.2, 0.25) is 5.02 Å². The van der Waals surface area contributed by atoms with Crippen LogP contribution < -0.4 is 10.1 Å². The number of benzene rings is 3. The van der Waals surface area contributed by atoms with Crippen LogP contribution in [-0.2, 0) is 27.4 Å². The van der Waals surface area contributed by atoms with Gasteiger partial charge in [0.15, 0.2) is 0 Å². The fraction of sp³-hybridized carbons (Fsp3) is 0.310. The molecule has 1 saturated heterocycles. The van der Waals surface area contributed by atoms with E-state index in [2.05, 4.69) is 15.6 Å². The molecule has 39 heavy (non-hydrogen) atoms. The molecule has 5 rings (SSSR count). The topological polar surface area (TPSA) is 98.6 Å². The van der Waals surface area contributed by atoms with Crippen molar-refractivity contribution in [2.45, 2.75) is 38.1 Å². The molecule has 10 heteroatoms. The fourth-order valence-corrected chi connectivity index (χ4v) is 4.98. The Bertz CT molecular complexity index is 1450. The highest BCUT2D eigenvalue weighted by Crippen LogP contribution is 2.29. The number of fused-ring (bicyclic) bond motifs is 1. The summed E-state index contributed by atoms with van der Waals surface area (Å²) in [7, 11) is 1.56. The van der Waals surface area contributed by atoms with Crippen molar-refractivity contribution in [2.75, 3.05) is 20.3 Å². The van der Waals surface area contributed by atoms with Crippen LogP contribution in [0.25, 0.3) is 11.0 Å². The van der Waals surface area contributed by atoms with Gasteiger partial charge in [-0.05, 0) is 54.3 Å². The minimum absolute atomic E-state index is 0.0471. The highest BCUT2D eigenvalue weighted by molar-refractivity contribution is 6.31. The minimum atomic E-state index is -0.958. The first-order valence-corrected chi connectivity index (χ1v) is 13.3. The van der Waals surface area contributed by atoms with Crippen LogP contribution in [0.1, 0.15) is 30.0 Å². The highest BCUT2D eigenvalue weighted by atomic mass is 35.5. The van der Waals surface area contributed by atoms with Gasteiger partial charge in [0.1, 0.15) is 23.9 Å². The van der Waals surface area contributed by atoms with E-state index in [1.165, 1.54) is 4.90 Å².